The summed E-state index contributed by atoms with van der Waals surface area (Å²) in [6, 6.07) is 7.20. The first-order chi connectivity index (χ1) is 9.79. The number of benzene rings is 1. The maximum atomic E-state index is 12.4. The van der Waals surface area contributed by atoms with Crippen molar-refractivity contribution in [2.24, 2.45) is 5.73 Å². The molecular formula is C14H14F3N3S. The number of para-hydroxylation sites is 1. The second-order valence-electron chi connectivity index (χ2n) is 4.69. The topological polar surface area (TPSA) is 42.1 Å². The predicted molar refractivity (Wildman–Crippen MR) is 81.6 cm³/mol. The molecule has 0 spiro atoms. The summed E-state index contributed by atoms with van der Waals surface area (Å²) < 4.78 is 37.2. The number of hydrogen-bond donors (Lipinski definition) is 1. The molecule has 0 saturated heterocycles. The summed E-state index contributed by atoms with van der Waals surface area (Å²) in [7, 11) is 1.59. The highest BCUT2D eigenvalue weighted by molar-refractivity contribution is 7.80. The number of nitrogens with zero attached hydrogens (tertiary/aromatic N) is 2. The average Bonchev–Trinajstić information content (AvgIpc) is 2.42. The molecule has 112 valence electrons. The SMILES string of the molecule is CN(CCC(F)(F)F)c1c(C(N)=S)cnc2ccccc12. The number of aromatic nitrogens is 1. The molecule has 0 aliphatic rings. The highest BCUT2D eigenvalue weighted by Crippen LogP contribution is 2.30. The molecule has 3 nitrogen and oxygen atoms in total. The molecule has 0 unspecified atom stereocenters. The van der Waals surface area contributed by atoms with Crippen LogP contribution in [0.4, 0.5) is 18.9 Å². The van der Waals surface area contributed by atoms with Crippen molar-refractivity contribution >= 4 is 33.8 Å². The van der Waals surface area contributed by atoms with Crippen LogP contribution >= 0.6 is 12.2 Å². The predicted octanol–water partition coefficient (Wildman–Crippen LogP) is 3.26. The van der Waals surface area contributed by atoms with Crippen LogP contribution in [0.2, 0.25) is 0 Å². The molecule has 2 rings (SSSR count). The lowest BCUT2D eigenvalue weighted by Gasteiger charge is -2.24. The first kappa shape index (κ1) is 15.5. The number of anilines is 1. The quantitative estimate of drug-likeness (QED) is 0.880. The largest absolute Gasteiger partial charge is 0.390 e. The van der Waals surface area contributed by atoms with Gasteiger partial charge in [-0.05, 0) is 6.07 Å². The molecule has 0 fully saturated rings. The second-order valence-corrected chi connectivity index (χ2v) is 5.13. The van der Waals surface area contributed by atoms with Crippen LogP contribution in [0.5, 0.6) is 0 Å². The zero-order chi connectivity index (χ0) is 15.6. The second kappa shape index (κ2) is 5.85. The molecule has 0 atom stereocenters. The summed E-state index contributed by atoms with van der Waals surface area (Å²) in [5.74, 6) is 0. The van der Waals surface area contributed by atoms with Gasteiger partial charge in [0.25, 0.3) is 0 Å². The molecule has 1 heterocycles. The van der Waals surface area contributed by atoms with Gasteiger partial charge in [-0.1, -0.05) is 30.4 Å². The Bertz CT molecular complexity index is 670. The molecular weight excluding hydrogens is 299 g/mol. The molecule has 0 amide bonds. The number of pyridine rings is 1. The van der Waals surface area contributed by atoms with Gasteiger partial charge in [0, 0.05) is 25.2 Å². The van der Waals surface area contributed by atoms with E-state index < -0.39 is 12.6 Å². The summed E-state index contributed by atoms with van der Waals surface area (Å²) in [6.45, 7) is -0.173. The van der Waals surface area contributed by atoms with E-state index >= 15 is 0 Å². The molecule has 2 aromatic rings. The van der Waals surface area contributed by atoms with E-state index in [0.29, 0.717) is 16.8 Å². The van der Waals surface area contributed by atoms with Gasteiger partial charge in [0.05, 0.1) is 23.2 Å². The van der Waals surface area contributed by atoms with Gasteiger partial charge in [-0.2, -0.15) is 13.2 Å². The van der Waals surface area contributed by atoms with Crippen molar-refractivity contribution in [1.29, 1.82) is 0 Å². The van der Waals surface area contributed by atoms with E-state index in [9.17, 15) is 13.2 Å². The molecule has 0 aliphatic carbocycles. The summed E-state index contributed by atoms with van der Waals surface area (Å²) in [5, 5.41) is 0.729. The molecule has 2 N–H and O–H groups in total. The molecule has 0 saturated carbocycles. The van der Waals surface area contributed by atoms with Crippen molar-refractivity contribution < 1.29 is 13.2 Å². The Morgan fingerprint density at radius 2 is 2.00 bits per heavy atom. The number of thiocarbonyl (C=S) groups is 1. The minimum atomic E-state index is -4.21. The number of rotatable bonds is 4. The molecule has 0 radical (unpaired) electrons. The van der Waals surface area contributed by atoms with E-state index in [4.69, 9.17) is 18.0 Å². The molecule has 0 aliphatic heterocycles. The van der Waals surface area contributed by atoms with Gasteiger partial charge in [-0.3, -0.25) is 4.98 Å². The summed E-state index contributed by atoms with van der Waals surface area (Å²) in [5.41, 5.74) is 7.42. The van der Waals surface area contributed by atoms with Gasteiger partial charge in [0.2, 0.25) is 0 Å². The molecule has 21 heavy (non-hydrogen) atoms. The Morgan fingerprint density at radius 3 is 2.62 bits per heavy atom. The van der Waals surface area contributed by atoms with E-state index in [1.54, 1.807) is 25.2 Å². The third kappa shape index (κ3) is 3.60. The van der Waals surface area contributed by atoms with Crippen LogP contribution < -0.4 is 10.6 Å². The van der Waals surface area contributed by atoms with Crippen molar-refractivity contribution in [3.63, 3.8) is 0 Å². The number of nitrogens with two attached hydrogens (primary N) is 1. The van der Waals surface area contributed by atoms with Crippen molar-refractivity contribution in [2.75, 3.05) is 18.5 Å². The molecule has 7 heteroatoms. The van der Waals surface area contributed by atoms with Crippen molar-refractivity contribution in [3.05, 3.63) is 36.0 Å². The van der Waals surface area contributed by atoms with Gasteiger partial charge in [0.1, 0.15) is 4.99 Å². The van der Waals surface area contributed by atoms with Crippen molar-refractivity contribution in [2.45, 2.75) is 12.6 Å². The fourth-order valence-corrected chi connectivity index (χ4v) is 2.27. The number of alkyl halides is 3. The van der Waals surface area contributed by atoms with Gasteiger partial charge >= 0.3 is 6.18 Å². The third-order valence-electron chi connectivity index (χ3n) is 3.12. The Balaban J connectivity index is 2.48. The summed E-state index contributed by atoms with van der Waals surface area (Å²) >= 11 is 4.98. The van der Waals surface area contributed by atoms with E-state index in [2.05, 4.69) is 4.98 Å². The van der Waals surface area contributed by atoms with Crippen LogP contribution in [0.3, 0.4) is 0 Å². The Kier molecular flexibility index (Phi) is 4.32. The molecule has 1 aromatic heterocycles. The first-order valence-corrected chi connectivity index (χ1v) is 6.66. The number of fused-ring (bicyclic) bond motifs is 1. The van der Waals surface area contributed by atoms with Crippen LogP contribution in [0, 0.1) is 0 Å². The third-order valence-corrected chi connectivity index (χ3v) is 3.34. The van der Waals surface area contributed by atoms with Crippen LogP contribution in [0.15, 0.2) is 30.5 Å². The summed E-state index contributed by atoms with van der Waals surface area (Å²) in [4.78, 5) is 5.87. The molecule has 0 bridgehead atoms. The standard InChI is InChI=1S/C14H14F3N3S/c1-20(7-6-14(15,16)17)12-9-4-2-3-5-11(9)19-8-10(12)13(18)21/h2-5,8H,6-7H2,1H3,(H2,18,21). The van der Waals surface area contributed by atoms with Gasteiger partial charge in [-0.15, -0.1) is 0 Å². The maximum absolute atomic E-state index is 12.4. The normalized spacial score (nSPS) is 11.6. The van der Waals surface area contributed by atoms with Crippen LogP contribution in [-0.2, 0) is 0 Å². The van der Waals surface area contributed by atoms with Crippen molar-refractivity contribution in [1.82, 2.24) is 4.98 Å². The monoisotopic (exact) mass is 313 g/mol. The maximum Gasteiger partial charge on any atom is 0.390 e. The Hall–Kier alpha value is -1.89. The Morgan fingerprint density at radius 1 is 1.33 bits per heavy atom. The van der Waals surface area contributed by atoms with Gasteiger partial charge < -0.3 is 10.6 Å². The minimum Gasteiger partial charge on any atom is -0.389 e. The fourth-order valence-electron chi connectivity index (χ4n) is 2.12. The van der Waals surface area contributed by atoms with Crippen LogP contribution in [-0.4, -0.2) is 29.7 Å². The fraction of sp³-hybridized carbons (Fsp3) is 0.286. The van der Waals surface area contributed by atoms with Crippen LogP contribution in [0.25, 0.3) is 10.9 Å². The smallest absolute Gasteiger partial charge is 0.389 e. The lowest BCUT2D eigenvalue weighted by molar-refractivity contribution is -0.132. The zero-order valence-corrected chi connectivity index (χ0v) is 12.1. The minimum absolute atomic E-state index is 0.113. The van der Waals surface area contributed by atoms with Gasteiger partial charge in [0.15, 0.2) is 0 Å². The first-order valence-electron chi connectivity index (χ1n) is 6.25. The summed E-state index contributed by atoms with van der Waals surface area (Å²) in [6.07, 6.45) is -3.61. The Labute approximate surface area is 125 Å². The van der Waals surface area contributed by atoms with Crippen LogP contribution in [0.1, 0.15) is 12.0 Å². The molecule has 1 aromatic carbocycles. The zero-order valence-electron chi connectivity index (χ0n) is 11.3. The van der Waals surface area contributed by atoms with E-state index in [-0.39, 0.29) is 11.5 Å². The van der Waals surface area contributed by atoms with Gasteiger partial charge in [-0.25, -0.2) is 0 Å². The number of hydrogen-bond acceptors (Lipinski definition) is 3. The van der Waals surface area contributed by atoms with E-state index in [1.165, 1.54) is 11.1 Å². The highest BCUT2D eigenvalue weighted by Gasteiger charge is 2.28. The highest BCUT2D eigenvalue weighted by atomic mass is 32.1. The van der Waals surface area contributed by atoms with Crippen molar-refractivity contribution in [3.8, 4) is 0 Å². The van der Waals surface area contributed by atoms with E-state index in [0.717, 1.165) is 5.39 Å². The number of halogens is 3. The average molecular weight is 313 g/mol. The lowest BCUT2D eigenvalue weighted by atomic mass is 10.1. The lowest BCUT2D eigenvalue weighted by Crippen LogP contribution is -2.27. The van der Waals surface area contributed by atoms with E-state index in [1.807, 2.05) is 6.07 Å².